The van der Waals surface area contributed by atoms with Gasteiger partial charge in [-0.25, -0.2) is 4.98 Å². The van der Waals surface area contributed by atoms with Crippen molar-refractivity contribution in [1.29, 1.82) is 0 Å². The van der Waals surface area contributed by atoms with E-state index in [4.69, 9.17) is 9.84 Å². The predicted molar refractivity (Wildman–Crippen MR) is 63.3 cm³/mol. The van der Waals surface area contributed by atoms with Gasteiger partial charge >= 0.3 is 5.97 Å². The van der Waals surface area contributed by atoms with Crippen LogP contribution in [0, 0.1) is 0 Å². The standard InChI is InChI=1S/C11H17N3O3/c1-4-8(2)14(7-10(15)16)11-12-6-5-9(13-11)17-3/h5-6,8H,4,7H2,1-3H3,(H,15,16). The number of nitrogens with zero attached hydrogens (tertiary/aromatic N) is 3. The average molecular weight is 239 g/mol. The Hall–Kier alpha value is -1.85. The van der Waals surface area contributed by atoms with E-state index in [0.29, 0.717) is 11.8 Å². The molecule has 0 aliphatic heterocycles. The van der Waals surface area contributed by atoms with Crippen LogP contribution < -0.4 is 9.64 Å². The number of rotatable bonds is 6. The van der Waals surface area contributed by atoms with Crippen molar-refractivity contribution in [2.45, 2.75) is 26.3 Å². The summed E-state index contributed by atoms with van der Waals surface area (Å²) in [7, 11) is 1.51. The number of ether oxygens (including phenoxy) is 1. The van der Waals surface area contributed by atoms with Crippen LogP contribution >= 0.6 is 0 Å². The second-order valence-corrected chi connectivity index (χ2v) is 3.68. The van der Waals surface area contributed by atoms with Crippen LogP contribution in [0.25, 0.3) is 0 Å². The Labute approximate surface area is 100 Å². The van der Waals surface area contributed by atoms with Gasteiger partial charge in [-0.2, -0.15) is 4.98 Å². The normalized spacial score (nSPS) is 11.9. The molecule has 1 aromatic heterocycles. The number of carbonyl (C=O) groups is 1. The molecule has 6 heteroatoms. The van der Waals surface area contributed by atoms with Gasteiger partial charge in [-0.05, 0) is 13.3 Å². The number of hydrogen-bond donors (Lipinski definition) is 1. The zero-order chi connectivity index (χ0) is 12.8. The number of hydrogen-bond acceptors (Lipinski definition) is 5. The van der Waals surface area contributed by atoms with Crippen LogP contribution in [0.4, 0.5) is 5.95 Å². The highest BCUT2D eigenvalue weighted by molar-refractivity contribution is 5.72. The van der Waals surface area contributed by atoms with E-state index in [1.54, 1.807) is 17.2 Å². The van der Waals surface area contributed by atoms with Crippen molar-refractivity contribution in [3.05, 3.63) is 12.3 Å². The molecule has 6 nitrogen and oxygen atoms in total. The van der Waals surface area contributed by atoms with Crippen LogP contribution in [0.1, 0.15) is 20.3 Å². The molecule has 0 amide bonds. The molecule has 1 atom stereocenters. The Morgan fingerprint density at radius 2 is 2.35 bits per heavy atom. The number of aromatic nitrogens is 2. The molecule has 0 saturated heterocycles. The van der Waals surface area contributed by atoms with Crippen molar-refractivity contribution >= 4 is 11.9 Å². The largest absolute Gasteiger partial charge is 0.481 e. The van der Waals surface area contributed by atoms with E-state index in [2.05, 4.69) is 9.97 Å². The highest BCUT2D eigenvalue weighted by atomic mass is 16.5. The van der Waals surface area contributed by atoms with Crippen molar-refractivity contribution in [3.63, 3.8) is 0 Å². The van der Waals surface area contributed by atoms with E-state index in [-0.39, 0.29) is 12.6 Å². The molecule has 1 aromatic rings. The molecule has 17 heavy (non-hydrogen) atoms. The first-order valence-corrected chi connectivity index (χ1v) is 5.44. The Balaban J connectivity index is 2.98. The molecular formula is C11H17N3O3. The van der Waals surface area contributed by atoms with Gasteiger partial charge < -0.3 is 14.7 Å². The summed E-state index contributed by atoms with van der Waals surface area (Å²) in [4.78, 5) is 20.7. The molecule has 94 valence electrons. The lowest BCUT2D eigenvalue weighted by molar-refractivity contribution is -0.135. The number of anilines is 1. The smallest absolute Gasteiger partial charge is 0.323 e. The molecule has 1 N–H and O–H groups in total. The molecule has 1 unspecified atom stereocenters. The molecule has 1 rings (SSSR count). The number of aliphatic carboxylic acids is 1. The second kappa shape index (κ2) is 6.03. The third-order valence-electron chi connectivity index (χ3n) is 2.51. The summed E-state index contributed by atoms with van der Waals surface area (Å²) in [6, 6.07) is 1.68. The minimum atomic E-state index is -0.906. The van der Waals surface area contributed by atoms with Crippen molar-refractivity contribution in [3.8, 4) is 5.88 Å². The maximum Gasteiger partial charge on any atom is 0.323 e. The number of carboxylic acid groups (broad SMARTS) is 1. The first kappa shape index (κ1) is 13.2. The Kier molecular flexibility index (Phi) is 4.68. The molecule has 0 radical (unpaired) electrons. The lowest BCUT2D eigenvalue weighted by Crippen LogP contribution is -2.38. The van der Waals surface area contributed by atoms with E-state index in [9.17, 15) is 4.79 Å². The van der Waals surface area contributed by atoms with E-state index in [1.165, 1.54) is 7.11 Å². The summed E-state index contributed by atoms with van der Waals surface area (Å²) in [5.74, 6) is -0.105. The lowest BCUT2D eigenvalue weighted by Gasteiger charge is -2.26. The summed E-state index contributed by atoms with van der Waals surface area (Å²) in [5.41, 5.74) is 0. The molecular weight excluding hydrogens is 222 g/mol. The highest BCUT2D eigenvalue weighted by Crippen LogP contribution is 2.16. The first-order valence-electron chi connectivity index (χ1n) is 5.44. The average Bonchev–Trinajstić information content (AvgIpc) is 2.35. The highest BCUT2D eigenvalue weighted by Gasteiger charge is 2.19. The Morgan fingerprint density at radius 1 is 1.65 bits per heavy atom. The van der Waals surface area contributed by atoms with Gasteiger partial charge in [-0.3, -0.25) is 4.79 Å². The van der Waals surface area contributed by atoms with Gasteiger partial charge in [0.1, 0.15) is 6.54 Å². The fourth-order valence-electron chi connectivity index (χ4n) is 1.37. The quantitative estimate of drug-likeness (QED) is 0.803. The van der Waals surface area contributed by atoms with Crippen molar-refractivity contribution in [2.24, 2.45) is 0 Å². The fraction of sp³-hybridized carbons (Fsp3) is 0.545. The summed E-state index contributed by atoms with van der Waals surface area (Å²) < 4.78 is 5.00. The molecule has 0 aliphatic carbocycles. The number of methoxy groups -OCH3 is 1. The van der Waals surface area contributed by atoms with Crippen LogP contribution in [-0.4, -0.2) is 40.7 Å². The van der Waals surface area contributed by atoms with Crippen LogP contribution in [0.15, 0.2) is 12.3 Å². The van der Waals surface area contributed by atoms with Crippen molar-refractivity contribution in [1.82, 2.24) is 9.97 Å². The molecule has 0 spiro atoms. The molecule has 0 fully saturated rings. The van der Waals surface area contributed by atoms with Gasteiger partial charge in [-0.15, -0.1) is 0 Å². The minimum absolute atomic E-state index is 0.0539. The van der Waals surface area contributed by atoms with E-state index in [0.717, 1.165) is 6.42 Å². The fourth-order valence-corrected chi connectivity index (χ4v) is 1.37. The molecule has 0 aromatic carbocycles. The van der Waals surface area contributed by atoms with Gasteiger partial charge in [0.2, 0.25) is 11.8 Å². The van der Waals surface area contributed by atoms with Gasteiger partial charge in [0.25, 0.3) is 0 Å². The van der Waals surface area contributed by atoms with Crippen LogP contribution in [-0.2, 0) is 4.79 Å². The predicted octanol–water partition coefficient (Wildman–Crippen LogP) is 1.17. The Bertz CT molecular complexity index is 384. The summed E-state index contributed by atoms with van der Waals surface area (Å²) in [5, 5.41) is 8.89. The van der Waals surface area contributed by atoms with Crippen molar-refractivity contribution < 1.29 is 14.6 Å². The lowest BCUT2D eigenvalue weighted by atomic mass is 10.2. The van der Waals surface area contributed by atoms with Gasteiger partial charge in [0.05, 0.1) is 7.11 Å². The summed E-state index contributed by atoms with van der Waals surface area (Å²) >= 11 is 0. The van der Waals surface area contributed by atoms with E-state index < -0.39 is 5.97 Å². The number of carboxylic acids is 1. The molecule has 0 saturated carbocycles. The SMILES string of the molecule is CCC(C)N(CC(=O)O)c1nccc(OC)n1. The third kappa shape index (κ3) is 3.58. The summed E-state index contributed by atoms with van der Waals surface area (Å²) in [6.45, 7) is 3.80. The van der Waals surface area contributed by atoms with Crippen LogP contribution in [0.3, 0.4) is 0 Å². The van der Waals surface area contributed by atoms with Gasteiger partial charge in [-0.1, -0.05) is 6.92 Å². The summed E-state index contributed by atoms with van der Waals surface area (Å²) in [6.07, 6.45) is 2.37. The maximum atomic E-state index is 10.8. The van der Waals surface area contributed by atoms with Crippen LogP contribution in [0.2, 0.25) is 0 Å². The topological polar surface area (TPSA) is 75.6 Å². The first-order chi connectivity index (χ1) is 8.08. The maximum absolute atomic E-state index is 10.8. The van der Waals surface area contributed by atoms with Gasteiger partial charge in [0.15, 0.2) is 0 Å². The molecule has 0 aliphatic rings. The van der Waals surface area contributed by atoms with Crippen LogP contribution in [0.5, 0.6) is 5.88 Å². The zero-order valence-electron chi connectivity index (χ0n) is 10.3. The second-order valence-electron chi connectivity index (χ2n) is 3.68. The monoisotopic (exact) mass is 239 g/mol. The Morgan fingerprint density at radius 3 is 2.88 bits per heavy atom. The minimum Gasteiger partial charge on any atom is -0.481 e. The third-order valence-corrected chi connectivity index (χ3v) is 2.51. The molecule has 1 heterocycles. The van der Waals surface area contributed by atoms with Crippen molar-refractivity contribution in [2.75, 3.05) is 18.6 Å². The van der Waals surface area contributed by atoms with E-state index in [1.807, 2.05) is 13.8 Å². The van der Waals surface area contributed by atoms with E-state index >= 15 is 0 Å². The molecule has 0 bridgehead atoms. The van der Waals surface area contributed by atoms with Gasteiger partial charge in [0, 0.05) is 18.3 Å². The zero-order valence-corrected chi connectivity index (χ0v) is 10.3.